The molecule has 0 spiro atoms. The number of carboxylic acids is 1. The van der Waals surface area contributed by atoms with Gasteiger partial charge in [-0.05, 0) is 44.0 Å². The molecule has 0 saturated heterocycles. The van der Waals surface area contributed by atoms with Gasteiger partial charge in [-0.1, -0.05) is 0 Å². The number of hydrogen-bond acceptors (Lipinski definition) is 6. The highest BCUT2D eigenvalue weighted by Gasteiger charge is 2.12. The number of carbonyl (C=O) groups is 3. The number of rotatable bonds is 9. The molecule has 0 saturated carbocycles. The van der Waals surface area contributed by atoms with E-state index in [1.54, 1.807) is 6.07 Å². The van der Waals surface area contributed by atoms with Crippen molar-refractivity contribution < 1.29 is 29.0 Å². The van der Waals surface area contributed by atoms with Crippen LogP contribution in [0.2, 0.25) is 0 Å². The molecule has 0 atom stereocenters. The van der Waals surface area contributed by atoms with Gasteiger partial charge >= 0.3 is 17.8 Å². The van der Waals surface area contributed by atoms with E-state index < -0.39 is 17.8 Å². The number of nitrogens with zero attached hydrogens (tertiary/aromatic N) is 1. The van der Waals surface area contributed by atoms with Crippen LogP contribution in [0.25, 0.3) is 0 Å². The van der Waals surface area contributed by atoms with Crippen LogP contribution in [0.15, 0.2) is 23.3 Å². The Bertz CT molecular complexity index is 672. The molecule has 1 aromatic carbocycles. The Labute approximate surface area is 151 Å². The lowest BCUT2D eigenvalue weighted by Crippen LogP contribution is -2.38. The third-order valence-corrected chi connectivity index (χ3v) is 3.10. The molecule has 0 aliphatic heterocycles. The molecule has 3 N–H and O–H groups in total. The van der Waals surface area contributed by atoms with Crippen molar-refractivity contribution in [2.24, 2.45) is 5.10 Å². The molecular weight excluding hydrogens is 342 g/mol. The molecule has 0 radical (unpaired) electrons. The second-order valence-corrected chi connectivity index (χ2v) is 5.49. The van der Waals surface area contributed by atoms with Gasteiger partial charge in [0, 0.05) is 13.2 Å². The van der Waals surface area contributed by atoms with Crippen molar-refractivity contribution in [2.45, 2.75) is 26.4 Å². The molecule has 1 rings (SSSR count). The maximum absolute atomic E-state index is 11.6. The largest absolute Gasteiger partial charge is 0.496 e. The summed E-state index contributed by atoms with van der Waals surface area (Å²) in [5, 5.41) is 15.2. The van der Waals surface area contributed by atoms with E-state index >= 15 is 0 Å². The van der Waals surface area contributed by atoms with E-state index in [1.165, 1.54) is 25.5 Å². The number of aromatic carboxylic acids is 1. The highest BCUT2D eigenvalue weighted by Crippen LogP contribution is 2.18. The lowest BCUT2D eigenvalue weighted by molar-refractivity contribution is -0.139. The van der Waals surface area contributed by atoms with Crippen molar-refractivity contribution in [3.8, 4) is 5.75 Å². The fourth-order valence-electron chi connectivity index (χ4n) is 1.86. The zero-order chi connectivity index (χ0) is 19.5. The summed E-state index contributed by atoms with van der Waals surface area (Å²) in [6.45, 7) is 4.61. The number of nitrogens with one attached hydrogen (secondary N) is 2. The summed E-state index contributed by atoms with van der Waals surface area (Å²) >= 11 is 0. The monoisotopic (exact) mass is 365 g/mol. The Kier molecular flexibility index (Phi) is 8.79. The SMILES string of the molecule is COc1ccc(/C=N\NC(=O)C(=O)NCCCOC(C)C)cc1C(=O)O. The average Bonchev–Trinajstić information content (AvgIpc) is 2.60. The molecule has 0 aromatic heterocycles. The molecule has 0 bridgehead atoms. The second kappa shape index (κ2) is 10.8. The third kappa shape index (κ3) is 7.31. The zero-order valence-electron chi connectivity index (χ0n) is 14.9. The average molecular weight is 365 g/mol. The van der Waals surface area contributed by atoms with Crippen molar-refractivity contribution in [1.82, 2.24) is 10.7 Å². The first-order valence-corrected chi connectivity index (χ1v) is 7.99. The molecule has 0 aliphatic carbocycles. The minimum absolute atomic E-state index is 0.0378. The van der Waals surface area contributed by atoms with Crippen LogP contribution in [0, 0.1) is 0 Å². The Morgan fingerprint density at radius 3 is 2.62 bits per heavy atom. The molecule has 2 amide bonds. The minimum Gasteiger partial charge on any atom is -0.496 e. The van der Waals surface area contributed by atoms with Crippen LogP contribution in [-0.4, -0.2) is 55.5 Å². The molecule has 142 valence electrons. The number of carbonyl (C=O) groups excluding carboxylic acids is 2. The number of amides is 2. The number of hydrogen-bond donors (Lipinski definition) is 3. The van der Waals surface area contributed by atoms with Gasteiger partial charge < -0.3 is 19.9 Å². The normalized spacial score (nSPS) is 10.8. The first-order chi connectivity index (χ1) is 12.3. The van der Waals surface area contributed by atoms with Gasteiger partial charge in [0.1, 0.15) is 11.3 Å². The molecule has 9 nitrogen and oxygen atoms in total. The predicted octanol–water partition coefficient (Wildman–Crippen LogP) is 0.775. The third-order valence-electron chi connectivity index (χ3n) is 3.10. The maximum Gasteiger partial charge on any atom is 0.339 e. The lowest BCUT2D eigenvalue weighted by Gasteiger charge is -2.07. The molecule has 9 heteroatoms. The lowest BCUT2D eigenvalue weighted by atomic mass is 10.1. The molecular formula is C17H23N3O6. The number of hydrazone groups is 1. The summed E-state index contributed by atoms with van der Waals surface area (Å²) in [6.07, 6.45) is 1.93. The van der Waals surface area contributed by atoms with Gasteiger partial charge in [0.05, 0.1) is 19.4 Å². The number of ether oxygens (including phenoxy) is 2. The molecule has 0 aliphatic rings. The summed E-state index contributed by atoms with van der Waals surface area (Å²) in [5.74, 6) is -2.67. The first-order valence-electron chi connectivity index (χ1n) is 7.99. The molecule has 0 fully saturated rings. The van der Waals surface area contributed by atoms with E-state index in [0.29, 0.717) is 25.1 Å². The zero-order valence-corrected chi connectivity index (χ0v) is 14.9. The van der Waals surface area contributed by atoms with Crippen molar-refractivity contribution >= 4 is 24.0 Å². The van der Waals surface area contributed by atoms with Crippen molar-refractivity contribution in [2.75, 3.05) is 20.3 Å². The van der Waals surface area contributed by atoms with Gasteiger partial charge in [-0.25, -0.2) is 10.2 Å². The van der Waals surface area contributed by atoms with Gasteiger partial charge in [-0.15, -0.1) is 0 Å². The number of benzene rings is 1. The fourth-order valence-corrected chi connectivity index (χ4v) is 1.86. The van der Waals surface area contributed by atoms with Crippen molar-refractivity contribution in [1.29, 1.82) is 0 Å². The summed E-state index contributed by atoms with van der Waals surface area (Å²) in [6, 6.07) is 4.37. The predicted molar refractivity (Wildman–Crippen MR) is 94.4 cm³/mol. The summed E-state index contributed by atoms with van der Waals surface area (Å²) in [5.41, 5.74) is 2.46. The topological polar surface area (TPSA) is 126 Å². The van der Waals surface area contributed by atoms with Crippen LogP contribution in [0.3, 0.4) is 0 Å². The van der Waals surface area contributed by atoms with Crippen molar-refractivity contribution in [3.05, 3.63) is 29.3 Å². The van der Waals surface area contributed by atoms with E-state index in [1.807, 2.05) is 13.8 Å². The molecule has 0 heterocycles. The molecule has 1 aromatic rings. The first kappa shape index (κ1) is 21.1. The van der Waals surface area contributed by atoms with Gasteiger partial charge in [-0.3, -0.25) is 9.59 Å². The standard InChI is InChI=1S/C17H23N3O6/c1-11(2)26-8-4-7-18-15(21)16(22)20-19-10-12-5-6-14(25-3)13(9-12)17(23)24/h5-6,9-11H,4,7-8H2,1-3H3,(H,18,21)(H,20,22)(H,23,24)/b19-10-. The van der Waals surface area contributed by atoms with Gasteiger partial charge in [0.25, 0.3) is 0 Å². The van der Waals surface area contributed by atoms with Gasteiger partial charge in [-0.2, -0.15) is 5.10 Å². The van der Waals surface area contributed by atoms with Crippen LogP contribution in [-0.2, 0) is 14.3 Å². The number of carboxylic acid groups (broad SMARTS) is 1. The summed E-state index contributed by atoms with van der Waals surface area (Å²) in [7, 11) is 1.36. The summed E-state index contributed by atoms with van der Waals surface area (Å²) < 4.78 is 10.3. The molecule has 26 heavy (non-hydrogen) atoms. The van der Waals surface area contributed by atoms with Crippen LogP contribution >= 0.6 is 0 Å². The summed E-state index contributed by atoms with van der Waals surface area (Å²) in [4.78, 5) is 34.3. The Morgan fingerprint density at radius 1 is 1.27 bits per heavy atom. The van der Waals surface area contributed by atoms with E-state index in [4.69, 9.17) is 14.6 Å². The minimum atomic E-state index is -1.15. The van der Waals surface area contributed by atoms with Crippen LogP contribution in [0.4, 0.5) is 0 Å². The fraction of sp³-hybridized carbons (Fsp3) is 0.412. The van der Waals surface area contributed by atoms with E-state index in [-0.39, 0.29) is 17.4 Å². The maximum atomic E-state index is 11.6. The highest BCUT2D eigenvalue weighted by molar-refractivity contribution is 6.35. The highest BCUT2D eigenvalue weighted by atomic mass is 16.5. The molecule has 0 unspecified atom stereocenters. The smallest absolute Gasteiger partial charge is 0.339 e. The van der Waals surface area contributed by atoms with Crippen molar-refractivity contribution in [3.63, 3.8) is 0 Å². The second-order valence-electron chi connectivity index (χ2n) is 5.49. The van der Waals surface area contributed by atoms with E-state index in [9.17, 15) is 14.4 Å². The van der Waals surface area contributed by atoms with Crippen LogP contribution in [0.5, 0.6) is 5.75 Å². The number of methoxy groups -OCH3 is 1. The Morgan fingerprint density at radius 2 is 2.00 bits per heavy atom. The van der Waals surface area contributed by atoms with E-state index in [0.717, 1.165) is 0 Å². The van der Waals surface area contributed by atoms with Crippen LogP contribution in [0.1, 0.15) is 36.2 Å². The Balaban J connectivity index is 2.47. The quantitative estimate of drug-likeness (QED) is 0.257. The Hall–Kier alpha value is -2.94. The van der Waals surface area contributed by atoms with Gasteiger partial charge in [0.2, 0.25) is 0 Å². The van der Waals surface area contributed by atoms with Gasteiger partial charge in [0.15, 0.2) is 0 Å². The van der Waals surface area contributed by atoms with Crippen LogP contribution < -0.4 is 15.5 Å². The van der Waals surface area contributed by atoms with E-state index in [2.05, 4.69) is 15.8 Å².